The number of benzene rings is 1. The van der Waals surface area contributed by atoms with Crippen LogP contribution in [0.4, 0.5) is 11.9 Å². The van der Waals surface area contributed by atoms with Crippen molar-refractivity contribution >= 4 is 17.9 Å². The minimum absolute atomic E-state index is 0.179. The van der Waals surface area contributed by atoms with Gasteiger partial charge in [0.1, 0.15) is 5.75 Å². The molecule has 0 aliphatic heterocycles. The van der Waals surface area contributed by atoms with Crippen molar-refractivity contribution in [3.8, 4) is 11.8 Å². The third kappa shape index (κ3) is 5.30. The maximum Gasteiger partial charge on any atom is 0.338 e. The van der Waals surface area contributed by atoms with E-state index in [1.807, 2.05) is 21.0 Å². The first kappa shape index (κ1) is 19.4. The Morgan fingerprint density at radius 1 is 1.15 bits per heavy atom. The fourth-order valence-electron chi connectivity index (χ4n) is 1.96. The molecule has 1 aromatic heterocycles. The average molecular weight is 359 g/mol. The zero-order valence-electron chi connectivity index (χ0n) is 15.8. The number of carbonyl (C=O) groups excluding carboxylic acids is 1. The van der Waals surface area contributed by atoms with Gasteiger partial charge in [-0.15, -0.1) is 0 Å². The van der Waals surface area contributed by atoms with Gasteiger partial charge in [0.15, 0.2) is 0 Å². The Morgan fingerprint density at radius 3 is 2.42 bits per heavy atom. The first-order valence-corrected chi connectivity index (χ1v) is 8.57. The highest BCUT2D eigenvalue weighted by Gasteiger charge is 2.12. The number of hydrogen-bond donors (Lipinski definition) is 1. The number of rotatable bonds is 8. The maximum absolute atomic E-state index is 11.7. The van der Waals surface area contributed by atoms with Crippen molar-refractivity contribution in [2.75, 3.05) is 30.9 Å². The zero-order valence-corrected chi connectivity index (χ0v) is 15.8. The van der Waals surface area contributed by atoms with Crippen molar-refractivity contribution in [3.05, 3.63) is 29.8 Å². The first-order chi connectivity index (χ1) is 12.4. The highest BCUT2D eigenvalue weighted by atomic mass is 16.5. The van der Waals surface area contributed by atoms with Gasteiger partial charge in [-0.1, -0.05) is 6.92 Å². The molecule has 1 atom stereocenters. The molecule has 0 amide bonds. The molecule has 1 aromatic carbocycles. The third-order valence-electron chi connectivity index (χ3n) is 3.57. The van der Waals surface area contributed by atoms with E-state index in [0.717, 1.165) is 6.42 Å². The number of nitrogens with one attached hydrogen (secondary N) is 1. The zero-order chi connectivity index (χ0) is 19.1. The van der Waals surface area contributed by atoms with Crippen LogP contribution in [0.2, 0.25) is 0 Å². The van der Waals surface area contributed by atoms with E-state index in [4.69, 9.17) is 9.47 Å². The molecule has 2 rings (SSSR count). The van der Waals surface area contributed by atoms with E-state index in [1.54, 1.807) is 36.1 Å². The Labute approximate surface area is 153 Å². The van der Waals surface area contributed by atoms with E-state index in [9.17, 15) is 4.79 Å². The van der Waals surface area contributed by atoms with Crippen LogP contribution in [0.15, 0.2) is 24.3 Å². The second-order valence-corrected chi connectivity index (χ2v) is 5.94. The standard InChI is InChI=1S/C18H25N5O3/c1-6-12(3)19-16-20-17(23(4)5)22-18(21-16)26-14-10-8-13(9-11-14)15(24)25-7-2/h8-12H,6-7H2,1-5H3,(H,19,20,21,22)/t12-/m0/s1. The second-order valence-electron chi connectivity index (χ2n) is 5.94. The van der Waals surface area contributed by atoms with Gasteiger partial charge in [0, 0.05) is 20.1 Å². The van der Waals surface area contributed by atoms with Gasteiger partial charge in [-0.05, 0) is 44.5 Å². The van der Waals surface area contributed by atoms with Gasteiger partial charge >= 0.3 is 12.0 Å². The van der Waals surface area contributed by atoms with E-state index < -0.39 is 0 Å². The summed E-state index contributed by atoms with van der Waals surface area (Å²) in [7, 11) is 3.69. The molecule has 0 unspecified atom stereocenters. The van der Waals surface area contributed by atoms with Crippen molar-refractivity contribution in [1.82, 2.24) is 15.0 Å². The largest absolute Gasteiger partial charge is 0.462 e. The summed E-state index contributed by atoms with van der Waals surface area (Å²) in [6.45, 7) is 6.23. The number of hydrogen-bond acceptors (Lipinski definition) is 8. The lowest BCUT2D eigenvalue weighted by Crippen LogP contribution is -2.19. The van der Waals surface area contributed by atoms with E-state index in [1.165, 1.54) is 0 Å². The summed E-state index contributed by atoms with van der Waals surface area (Å²) in [6.07, 6.45) is 0.939. The molecule has 0 aliphatic carbocycles. The molecule has 0 bridgehead atoms. The lowest BCUT2D eigenvalue weighted by molar-refractivity contribution is 0.0526. The number of aromatic nitrogens is 3. The number of esters is 1. The molecule has 2 aromatic rings. The summed E-state index contributed by atoms with van der Waals surface area (Å²) in [5.74, 6) is 1.10. The summed E-state index contributed by atoms with van der Waals surface area (Å²) in [5.41, 5.74) is 0.461. The minimum atomic E-state index is -0.367. The quantitative estimate of drug-likeness (QED) is 0.719. The van der Waals surface area contributed by atoms with Gasteiger partial charge in [-0.25, -0.2) is 4.79 Å². The lowest BCUT2D eigenvalue weighted by atomic mass is 10.2. The van der Waals surface area contributed by atoms with Crippen LogP contribution in [0.25, 0.3) is 0 Å². The van der Waals surface area contributed by atoms with Crippen LogP contribution in [0.3, 0.4) is 0 Å². The summed E-state index contributed by atoms with van der Waals surface area (Å²) < 4.78 is 10.7. The van der Waals surface area contributed by atoms with E-state index in [0.29, 0.717) is 29.8 Å². The van der Waals surface area contributed by atoms with Crippen molar-refractivity contribution in [2.24, 2.45) is 0 Å². The van der Waals surface area contributed by atoms with Gasteiger partial charge in [-0.3, -0.25) is 0 Å². The van der Waals surface area contributed by atoms with Crippen molar-refractivity contribution in [2.45, 2.75) is 33.2 Å². The van der Waals surface area contributed by atoms with Gasteiger partial charge in [-0.2, -0.15) is 15.0 Å². The molecule has 140 valence electrons. The summed E-state index contributed by atoms with van der Waals surface area (Å²) >= 11 is 0. The molecule has 1 N–H and O–H groups in total. The molecular formula is C18H25N5O3. The Bertz CT molecular complexity index is 734. The molecule has 0 aliphatic rings. The first-order valence-electron chi connectivity index (χ1n) is 8.57. The van der Waals surface area contributed by atoms with Gasteiger partial charge in [0.2, 0.25) is 11.9 Å². The van der Waals surface area contributed by atoms with Crippen LogP contribution in [-0.2, 0) is 4.74 Å². The lowest BCUT2D eigenvalue weighted by Gasteiger charge is -2.16. The van der Waals surface area contributed by atoms with Crippen LogP contribution < -0.4 is 15.0 Å². The van der Waals surface area contributed by atoms with Crippen molar-refractivity contribution < 1.29 is 14.3 Å². The predicted molar refractivity (Wildman–Crippen MR) is 100 cm³/mol. The number of carbonyl (C=O) groups is 1. The fraction of sp³-hybridized carbons (Fsp3) is 0.444. The van der Waals surface area contributed by atoms with E-state index in [-0.39, 0.29) is 18.0 Å². The third-order valence-corrected chi connectivity index (χ3v) is 3.57. The summed E-state index contributed by atoms with van der Waals surface area (Å²) in [5, 5.41) is 3.22. The predicted octanol–water partition coefficient (Wildman–Crippen LogP) is 3.12. The molecule has 26 heavy (non-hydrogen) atoms. The number of ether oxygens (including phenoxy) is 2. The molecule has 0 fully saturated rings. The van der Waals surface area contributed by atoms with E-state index >= 15 is 0 Å². The van der Waals surface area contributed by atoms with Gasteiger partial charge in [0.05, 0.1) is 12.2 Å². The average Bonchev–Trinajstić information content (AvgIpc) is 2.62. The molecule has 0 saturated heterocycles. The molecule has 0 spiro atoms. The fourth-order valence-corrected chi connectivity index (χ4v) is 1.96. The van der Waals surface area contributed by atoms with Gasteiger partial charge in [0.25, 0.3) is 0 Å². The molecular weight excluding hydrogens is 334 g/mol. The Hall–Kier alpha value is -2.90. The Balaban J connectivity index is 2.20. The van der Waals surface area contributed by atoms with Crippen LogP contribution >= 0.6 is 0 Å². The second kappa shape index (κ2) is 8.98. The summed E-state index contributed by atoms with van der Waals surface area (Å²) in [4.78, 5) is 26.5. The molecule has 0 radical (unpaired) electrons. The summed E-state index contributed by atoms with van der Waals surface area (Å²) in [6, 6.07) is 7.03. The van der Waals surface area contributed by atoms with E-state index in [2.05, 4.69) is 27.2 Å². The monoisotopic (exact) mass is 359 g/mol. The molecule has 8 nitrogen and oxygen atoms in total. The number of nitrogens with zero attached hydrogens (tertiary/aromatic N) is 4. The molecule has 1 heterocycles. The van der Waals surface area contributed by atoms with Gasteiger partial charge < -0.3 is 19.7 Å². The van der Waals surface area contributed by atoms with Crippen LogP contribution in [0, 0.1) is 0 Å². The van der Waals surface area contributed by atoms with Crippen LogP contribution in [0.5, 0.6) is 11.8 Å². The molecule has 8 heteroatoms. The highest BCUT2D eigenvalue weighted by molar-refractivity contribution is 5.89. The smallest absolute Gasteiger partial charge is 0.338 e. The SMILES string of the molecule is CCOC(=O)c1ccc(Oc2nc(N[C@@H](C)CC)nc(N(C)C)n2)cc1. The van der Waals surface area contributed by atoms with Crippen molar-refractivity contribution in [3.63, 3.8) is 0 Å². The normalized spacial score (nSPS) is 11.6. The minimum Gasteiger partial charge on any atom is -0.462 e. The highest BCUT2D eigenvalue weighted by Crippen LogP contribution is 2.21. The topological polar surface area (TPSA) is 89.5 Å². The molecule has 0 saturated carbocycles. The Kier molecular flexibility index (Phi) is 6.71. The maximum atomic E-state index is 11.7. The Morgan fingerprint density at radius 2 is 1.85 bits per heavy atom. The van der Waals surface area contributed by atoms with Crippen LogP contribution in [0.1, 0.15) is 37.6 Å². The number of anilines is 2. The van der Waals surface area contributed by atoms with Crippen LogP contribution in [-0.4, -0.2) is 47.7 Å². The van der Waals surface area contributed by atoms with Crippen molar-refractivity contribution in [1.29, 1.82) is 0 Å².